The first-order chi connectivity index (χ1) is 12.1. The number of hydrogen-bond donors (Lipinski definition) is 1. The first-order valence-corrected chi connectivity index (χ1v) is 10.1. The number of halogens is 1. The molecule has 1 aromatic carbocycles. The third-order valence-electron chi connectivity index (χ3n) is 4.11. The fourth-order valence-electron chi connectivity index (χ4n) is 2.77. The molecule has 1 aliphatic heterocycles. The van der Waals surface area contributed by atoms with Gasteiger partial charge in [-0.2, -0.15) is 0 Å². The van der Waals surface area contributed by atoms with Gasteiger partial charge < -0.3 is 19.9 Å². The fourth-order valence-corrected chi connectivity index (χ4v) is 4.68. The van der Waals surface area contributed by atoms with Gasteiger partial charge in [-0.1, -0.05) is 0 Å². The molecule has 0 radical (unpaired) electrons. The molecule has 1 aliphatic rings. The second kappa shape index (κ2) is 9.23. The molecule has 0 amide bonds. The van der Waals surface area contributed by atoms with E-state index in [4.69, 9.17) is 19.9 Å². The minimum absolute atomic E-state index is 0. The summed E-state index contributed by atoms with van der Waals surface area (Å²) < 4.78 is 41.2. The van der Waals surface area contributed by atoms with Crippen molar-refractivity contribution in [2.24, 2.45) is 5.73 Å². The number of carbonyl (C=O) groups is 1. The zero-order valence-electron chi connectivity index (χ0n) is 15.9. The van der Waals surface area contributed by atoms with Gasteiger partial charge in [0.15, 0.2) is 14.6 Å². The lowest BCUT2D eigenvalue weighted by molar-refractivity contribution is -0.160. The average Bonchev–Trinajstić information content (AvgIpc) is 2.59. The van der Waals surface area contributed by atoms with Crippen LogP contribution in [-0.4, -0.2) is 51.1 Å². The summed E-state index contributed by atoms with van der Waals surface area (Å²) in [6.45, 7) is 6.23. The molecule has 0 aromatic heterocycles. The van der Waals surface area contributed by atoms with E-state index in [0.29, 0.717) is 18.9 Å². The predicted octanol–water partition coefficient (Wildman–Crippen LogP) is 2.11. The van der Waals surface area contributed by atoms with Crippen molar-refractivity contribution in [2.75, 3.05) is 26.4 Å². The quantitative estimate of drug-likeness (QED) is 0.701. The normalized spacial score (nSPS) is 16.9. The Morgan fingerprint density at radius 1 is 1.19 bits per heavy atom. The van der Waals surface area contributed by atoms with Crippen LogP contribution in [0.1, 0.15) is 33.6 Å². The van der Waals surface area contributed by atoms with Gasteiger partial charge in [0.1, 0.15) is 18.0 Å². The van der Waals surface area contributed by atoms with E-state index < -0.39 is 26.2 Å². The van der Waals surface area contributed by atoms with Crippen molar-refractivity contribution in [3.63, 3.8) is 0 Å². The van der Waals surface area contributed by atoms with Crippen molar-refractivity contribution in [3.8, 4) is 5.75 Å². The van der Waals surface area contributed by atoms with E-state index in [1.54, 1.807) is 32.9 Å². The van der Waals surface area contributed by atoms with E-state index in [1.165, 1.54) is 12.1 Å². The van der Waals surface area contributed by atoms with Gasteiger partial charge >= 0.3 is 5.97 Å². The summed E-state index contributed by atoms with van der Waals surface area (Å²) in [5.41, 5.74) is 4.61. The highest BCUT2D eigenvalue weighted by Gasteiger charge is 2.54. The summed E-state index contributed by atoms with van der Waals surface area (Å²) in [7, 11) is -3.97. The monoisotopic (exact) mass is 421 g/mol. The zero-order chi connectivity index (χ0) is 19.4. The molecule has 1 fully saturated rings. The molecular weight excluding hydrogens is 394 g/mol. The number of benzene rings is 1. The number of ether oxygens (including phenoxy) is 3. The van der Waals surface area contributed by atoms with Gasteiger partial charge in [-0.15, -0.1) is 12.4 Å². The van der Waals surface area contributed by atoms with Crippen LogP contribution in [0.15, 0.2) is 29.2 Å². The summed E-state index contributed by atoms with van der Waals surface area (Å²) in [5, 5.41) is 0. The van der Waals surface area contributed by atoms with Crippen LogP contribution in [0.4, 0.5) is 0 Å². The third kappa shape index (κ3) is 5.34. The number of sulfone groups is 1. The zero-order valence-corrected chi connectivity index (χ0v) is 17.5. The molecule has 1 saturated heterocycles. The lowest BCUT2D eigenvalue weighted by Crippen LogP contribution is -2.53. The highest BCUT2D eigenvalue weighted by molar-refractivity contribution is 7.93. The number of carbonyl (C=O) groups excluding carboxylic acids is 1. The van der Waals surface area contributed by atoms with Crippen LogP contribution in [-0.2, 0) is 24.1 Å². The minimum atomic E-state index is -3.97. The minimum Gasteiger partial charge on any atom is -0.492 e. The van der Waals surface area contributed by atoms with Crippen molar-refractivity contribution in [1.29, 1.82) is 0 Å². The molecule has 154 valence electrons. The number of hydrogen-bond acceptors (Lipinski definition) is 7. The number of esters is 1. The molecule has 2 N–H and O–H groups in total. The molecule has 0 atom stereocenters. The van der Waals surface area contributed by atoms with Gasteiger partial charge in [0, 0.05) is 32.6 Å². The second-order valence-corrected chi connectivity index (χ2v) is 9.48. The van der Waals surface area contributed by atoms with Crippen molar-refractivity contribution >= 4 is 28.2 Å². The van der Waals surface area contributed by atoms with Crippen molar-refractivity contribution < 1.29 is 27.4 Å². The lowest BCUT2D eigenvalue weighted by atomic mass is 9.99. The first-order valence-electron chi connectivity index (χ1n) is 8.61. The maximum absolute atomic E-state index is 13.3. The predicted molar refractivity (Wildman–Crippen MR) is 104 cm³/mol. The van der Waals surface area contributed by atoms with Crippen LogP contribution in [0.25, 0.3) is 0 Å². The summed E-state index contributed by atoms with van der Waals surface area (Å²) in [6.07, 6.45) is 0.130. The summed E-state index contributed by atoms with van der Waals surface area (Å²) >= 11 is 0. The standard InChI is InChI=1S/C18H27NO6S.ClH/c1-17(2,3)25-16(20)18(8-11-23-12-9-18)26(21,22)15-6-4-14(5-7-15)24-13-10-19;/h4-7H,8-13,19H2,1-3H3;1H. The van der Waals surface area contributed by atoms with Crippen LogP contribution in [0.2, 0.25) is 0 Å². The van der Waals surface area contributed by atoms with Crippen LogP contribution in [0.5, 0.6) is 5.75 Å². The molecule has 0 bridgehead atoms. The molecule has 7 nitrogen and oxygen atoms in total. The lowest BCUT2D eigenvalue weighted by Gasteiger charge is -2.36. The van der Waals surface area contributed by atoms with Gasteiger partial charge in [0.05, 0.1) is 4.90 Å². The topological polar surface area (TPSA) is 105 Å². The smallest absolute Gasteiger partial charge is 0.328 e. The maximum Gasteiger partial charge on any atom is 0.328 e. The molecule has 9 heteroatoms. The Morgan fingerprint density at radius 3 is 2.22 bits per heavy atom. The van der Waals surface area contributed by atoms with Crippen LogP contribution in [0, 0.1) is 0 Å². The molecule has 0 saturated carbocycles. The van der Waals surface area contributed by atoms with Crippen LogP contribution in [0.3, 0.4) is 0 Å². The largest absolute Gasteiger partial charge is 0.492 e. The molecule has 27 heavy (non-hydrogen) atoms. The van der Waals surface area contributed by atoms with Crippen molar-refractivity contribution in [2.45, 2.75) is 48.9 Å². The Kier molecular flexibility index (Phi) is 8.10. The Bertz CT molecular complexity index is 721. The summed E-state index contributed by atoms with van der Waals surface area (Å²) in [6, 6.07) is 6.01. The van der Waals surface area contributed by atoms with E-state index in [0.717, 1.165) is 0 Å². The SMILES string of the molecule is CC(C)(C)OC(=O)C1(S(=O)(=O)c2ccc(OCCN)cc2)CCOCC1.Cl. The Morgan fingerprint density at radius 2 is 1.74 bits per heavy atom. The van der Waals surface area contributed by atoms with Crippen LogP contribution < -0.4 is 10.5 Å². The van der Waals surface area contributed by atoms with Gasteiger partial charge in [-0.3, -0.25) is 4.79 Å². The Labute approximate surface area is 166 Å². The van der Waals surface area contributed by atoms with E-state index in [-0.39, 0.29) is 43.4 Å². The summed E-state index contributed by atoms with van der Waals surface area (Å²) in [5.74, 6) is -0.204. The van der Waals surface area contributed by atoms with Gasteiger partial charge in [-0.05, 0) is 45.0 Å². The first kappa shape index (κ1) is 23.7. The second-order valence-electron chi connectivity index (χ2n) is 7.22. The highest BCUT2D eigenvalue weighted by atomic mass is 35.5. The van der Waals surface area contributed by atoms with Gasteiger partial charge in [0.25, 0.3) is 0 Å². The molecule has 2 rings (SSSR count). The highest BCUT2D eigenvalue weighted by Crippen LogP contribution is 2.37. The van der Waals surface area contributed by atoms with E-state index in [9.17, 15) is 13.2 Å². The van der Waals surface area contributed by atoms with Gasteiger partial charge in [0.2, 0.25) is 0 Å². The van der Waals surface area contributed by atoms with E-state index >= 15 is 0 Å². The van der Waals surface area contributed by atoms with E-state index in [1.807, 2.05) is 0 Å². The molecular formula is C18H28ClNO6S. The summed E-state index contributed by atoms with van der Waals surface area (Å²) in [4.78, 5) is 12.9. The maximum atomic E-state index is 13.3. The Hall–Kier alpha value is -1.35. The number of nitrogens with two attached hydrogens (primary N) is 1. The number of rotatable bonds is 6. The van der Waals surface area contributed by atoms with Crippen LogP contribution >= 0.6 is 12.4 Å². The third-order valence-corrected chi connectivity index (χ3v) is 6.60. The molecule has 0 unspecified atom stereocenters. The van der Waals surface area contributed by atoms with E-state index in [2.05, 4.69) is 0 Å². The molecule has 1 heterocycles. The molecule has 0 aliphatic carbocycles. The van der Waals surface area contributed by atoms with Crippen molar-refractivity contribution in [3.05, 3.63) is 24.3 Å². The molecule has 0 spiro atoms. The van der Waals surface area contributed by atoms with Gasteiger partial charge in [-0.25, -0.2) is 8.42 Å². The Balaban J connectivity index is 0.00000364. The molecule has 1 aromatic rings. The fraction of sp³-hybridized carbons (Fsp3) is 0.611. The average molecular weight is 422 g/mol. The van der Waals surface area contributed by atoms with Crippen molar-refractivity contribution in [1.82, 2.24) is 0 Å².